The predicted molar refractivity (Wildman–Crippen MR) is 57.9 cm³/mol. The number of carbonyl (C=O) groups excluding carboxylic acids is 1. The van der Waals surface area contributed by atoms with Crippen LogP contribution in [0.25, 0.3) is 10.1 Å². The van der Waals surface area contributed by atoms with Gasteiger partial charge in [0.1, 0.15) is 10.7 Å². The monoisotopic (exact) mass is 224 g/mol. The normalized spacial score (nSPS) is 10.6. The van der Waals surface area contributed by atoms with E-state index in [1.165, 1.54) is 7.11 Å². The average Bonchev–Trinajstić information content (AvgIpc) is 2.67. The number of thiophene rings is 1. The molecule has 1 aromatic heterocycles. The van der Waals surface area contributed by atoms with E-state index in [4.69, 9.17) is 0 Å². The third-order valence-corrected chi connectivity index (χ3v) is 3.33. The Balaban J connectivity index is 2.66. The number of benzene rings is 1. The lowest BCUT2D eigenvalue weighted by atomic mass is 10.2. The van der Waals surface area contributed by atoms with E-state index in [9.17, 15) is 9.18 Å². The van der Waals surface area contributed by atoms with E-state index in [0.717, 1.165) is 16.7 Å². The van der Waals surface area contributed by atoms with Gasteiger partial charge in [-0.05, 0) is 23.9 Å². The number of rotatable bonds is 1. The van der Waals surface area contributed by atoms with Gasteiger partial charge in [0.15, 0.2) is 0 Å². The third-order valence-electron chi connectivity index (χ3n) is 2.21. The predicted octanol–water partition coefficient (Wildman–Crippen LogP) is 3.14. The van der Waals surface area contributed by atoms with E-state index in [1.54, 1.807) is 25.1 Å². The fourth-order valence-corrected chi connectivity index (χ4v) is 2.44. The zero-order valence-corrected chi connectivity index (χ0v) is 9.15. The summed E-state index contributed by atoms with van der Waals surface area (Å²) in [4.78, 5) is 11.7. The van der Waals surface area contributed by atoms with Crippen molar-refractivity contribution in [3.8, 4) is 0 Å². The molecule has 0 saturated carbocycles. The van der Waals surface area contributed by atoms with Crippen molar-refractivity contribution in [2.24, 2.45) is 0 Å². The first-order chi connectivity index (χ1) is 7.13. The molecule has 0 radical (unpaired) electrons. The topological polar surface area (TPSA) is 26.3 Å². The summed E-state index contributed by atoms with van der Waals surface area (Å²) in [6.45, 7) is 1.70. The molecule has 0 saturated heterocycles. The Morgan fingerprint density at radius 2 is 2.20 bits per heavy atom. The molecule has 0 aliphatic heterocycles. The molecule has 2 nitrogen and oxygen atoms in total. The van der Waals surface area contributed by atoms with Crippen molar-refractivity contribution >= 4 is 27.4 Å². The van der Waals surface area contributed by atoms with Gasteiger partial charge in [-0.2, -0.15) is 0 Å². The number of fused-ring (bicyclic) bond motifs is 1. The van der Waals surface area contributed by atoms with Crippen LogP contribution in [-0.2, 0) is 4.74 Å². The second kappa shape index (κ2) is 3.62. The van der Waals surface area contributed by atoms with Crippen LogP contribution in [0.3, 0.4) is 0 Å². The van der Waals surface area contributed by atoms with Crippen molar-refractivity contribution in [2.45, 2.75) is 6.92 Å². The summed E-state index contributed by atoms with van der Waals surface area (Å²) in [6.07, 6.45) is 0. The Morgan fingerprint density at radius 1 is 1.47 bits per heavy atom. The number of carbonyl (C=O) groups is 1. The third kappa shape index (κ3) is 1.61. The molecule has 15 heavy (non-hydrogen) atoms. The fraction of sp³-hybridized carbons (Fsp3) is 0.182. The van der Waals surface area contributed by atoms with Crippen molar-refractivity contribution in [2.75, 3.05) is 7.11 Å². The highest BCUT2D eigenvalue weighted by Crippen LogP contribution is 2.29. The van der Waals surface area contributed by atoms with E-state index < -0.39 is 5.97 Å². The highest BCUT2D eigenvalue weighted by atomic mass is 32.1. The summed E-state index contributed by atoms with van der Waals surface area (Å²) >= 11 is 1.12. The molecule has 78 valence electrons. The molecule has 0 aliphatic rings. The maximum atomic E-state index is 13.6. The van der Waals surface area contributed by atoms with Crippen LogP contribution in [0.2, 0.25) is 0 Å². The Bertz CT molecular complexity index is 531. The van der Waals surface area contributed by atoms with Crippen LogP contribution in [0.5, 0.6) is 0 Å². The van der Waals surface area contributed by atoms with Crippen LogP contribution in [0, 0.1) is 12.7 Å². The molecule has 0 unspecified atom stereocenters. The first-order valence-electron chi connectivity index (χ1n) is 4.40. The zero-order valence-electron chi connectivity index (χ0n) is 8.33. The van der Waals surface area contributed by atoms with Crippen LogP contribution in [-0.4, -0.2) is 13.1 Å². The Kier molecular flexibility index (Phi) is 2.44. The van der Waals surface area contributed by atoms with Gasteiger partial charge >= 0.3 is 5.97 Å². The van der Waals surface area contributed by atoms with Crippen molar-refractivity contribution in [3.63, 3.8) is 0 Å². The largest absolute Gasteiger partial charge is 0.465 e. The minimum atomic E-state index is -0.423. The molecule has 0 atom stereocenters. The van der Waals surface area contributed by atoms with Crippen LogP contribution in [0.1, 0.15) is 15.2 Å². The lowest BCUT2D eigenvalue weighted by Crippen LogP contribution is -1.96. The number of hydrogen-bond acceptors (Lipinski definition) is 3. The number of aryl methyl sites for hydroxylation is 1. The Morgan fingerprint density at radius 3 is 2.87 bits per heavy atom. The number of ether oxygens (including phenoxy) is 1. The number of halogens is 1. The minimum Gasteiger partial charge on any atom is -0.465 e. The van der Waals surface area contributed by atoms with Crippen molar-refractivity contribution < 1.29 is 13.9 Å². The quantitative estimate of drug-likeness (QED) is 0.695. The molecule has 0 fully saturated rings. The van der Waals surface area contributed by atoms with Gasteiger partial charge in [0.05, 0.1) is 11.8 Å². The Hall–Kier alpha value is -1.42. The smallest absolute Gasteiger partial charge is 0.348 e. The second-order valence-electron chi connectivity index (χ2n) is 3.22. The summed E-state index contributed by atoms with van der Waals surface area (Å²) in [5, 5.41) is 0.739. The number of methoxy groups -OCH3 is 1. The molecule has 0 spiro atoms. The molecule has 0 bridgehead atoms. The second-order valence-corrected chi connectivity index (χ2v) is 4.27. The van der Waals surface area contributed by atoms with Gasteiger partial charge in [-0.1, -0.05) is 12.1 Å². The van der Waals surface area contributed by atoms with Crippen molar-refractivity contribution in [3.05, 3.63) is 34.5 Å². The molecule has 2 aromatic rings. The van der Waals surface area contributed by atoms with E-state index in [2.05, 4.69) is 4.74 Å². The molecule has 0 aliphatic carbocycles. The molecular weight excluding hydrogens is 215 g/mol. The van der Waals surface area contributed by atoms with Gasteiger partial charge in [-0.25, -0.2) is 9.18 Å². The number of hydrogen-bond donors (Lipinski definition) is 0. The van der Waals surface area contributed by atoms with Gasteiger partial charge in [0.2, 0.25) is 0 Å². The molecular formula is C11H9FO2S. The van der Waals surface area contributed by atoms with Gasteiger partial charge in [-0.15, -0.1) is 11.3 Å². The zero-order chi connectivity index (χ0) is 11.0. The van der Waals surface area contributed by atoms with Gasteiger partial charge in [0.25, 0.3) is 0 Å². The van der Waals surface area contributed by atoms with Crippen molar-refractivity contribution in [1.29, 1.82) is 0 Å². The average molecular weight is 224 g/mol. The van der Waals surface area contributed by atoms with Gasteiger partial charge < -0.3 is 4.74 Å². The van der Waals surface area contributed by atoms with Crippen LogP contribution in [0.4, 0.5) is 4.39 Å². The van der Waals surface area contributed by atoms with Crippen LogP contribution >= 0.6 is 11.3 Å². The summed E-state index contributed by atoms with van der Waals surface area (Å²) in [5.41, 5.74) is 0.584. The van der Waals surface area contributed by atoms with E-state index in [0.29, 0.717) is 15.1 Å². The Labute approximate surface area is 90.3 Å². The SMILES string of the molecule is COC(=O)c1cc2ccc(C)c(F)c2s1. The maximum absolute atomic E-state index is 13.6. The van der Waals surface area contributed by atoms with E-state index in [-0.39, 0.29) is 5.82 Å². The summed E-state index contributed by atoms with van der Waals surface area (Å²) < 4.78 is 18.7. The highest BCUT2D eigenvalue weighted by Gasteiger charge is 2.13. The van der Waals surface area contributed by atoms with Gasteiger partial charge in [0, 0.05) is 0 Å². The molecule has 0 N–H and O–H groups in total. The van der Waals surface area contributed by atoms with E-state index in [1.807, 2.05) is 0 Å². The van der Waals surface area contributed by atoms with Crippen LogP contribution < -0.4 is 0 Å². The molecule has 0 amide bonds. The van der Waals surface area contributed by atoms with E-state index >= 15 is 0 Å². The summed E-state index contributed by atoms with van der Waals surface area (Å²) in [6, 6.07) is 5.15. The number of esters is 1. The summed E-state index contributed by atoms with van der Waals surface area (Å²) in [5.74, 6) is -0.680. The molecule has 2 rings (SSSR count). The van der Waals surface area contributed by atoms with Gasteiger partial charge in [-0.3, -0.25) is 0 Å². The fourth-order valence-electron chi connectivity index (χ4n) is 1.37. The molecule has 1 heterocycles. The maximum Gasteiger partial charge on any atom is 0.348 e. The standard InChI is InChI=1S/C11H9FO2S/c1-6-3-4-7-5-8(11(13)14-2)15-10(7)9(6)12/h3-5H,1-2H3. The van der Waals surface area contributed by atoms with Crippen molar-refractivity contribution in [1.82, 2.24) is 0 Å². The highest BCUT2D eigenvalue weighted by molar-refractivity contribution is 7.20. The first kappa shape index (κ1) is 10.1. The minimum absolute atomic E-state index is 0.257. The molecule has 4 heteroatoms. The summed E-state index contributed by atoms with van der Waals surface area (Å²) in [7, 11) is 1.31. The lowest BCUT2D eigenvalue weighted by molar-refractivity contribution is 0.0606. The lowest BCUT2D eigenvalue weighted by Gasteiger charge is -1.95. The first-order valence-corrected chi connectivity index (χ1v) is 5.22. The molecule has 1 aromatic carbocycles. The van der Waals surface area contributed by atoms with Crippen LogP contribution in [0.15, 0.2) is 18.2 Å².